The van der Waals surface area contributed by atoms with Gasteiger partial charge in [0.25, 0.3) is 0 Å². The first-order valence-electron chi connectivity index (χ1n) is 17.6. The molecule has 1 heteroatoms. The number of benzene rings is 6. The highest BCUT2D eigenvalue weighted by Gasteiger charge is 2.23. The third-order valence-electron chi connectivity index (χ3n) is 10.4. The molecular formula is C48H51N. The van der Waals surface area contributed by atoms with Crippen LogP contribution >= 0.6 is 0 Å². The normalized spacial score (nSPS) is 11.3. The first kappa shape index (κ1) is 34.0. The van der Waals surface area contributed by atoms with Crippen molar-refractivity contribution in [2.75, 3.05) is 4.90 Å². The van der Waals surface area contributed by atoms with Crippen molar-refractivity contribution >= 4 is 17.1 Å². The quantitative estimate of drug-likeness (QED) is 0.175. The minimum absolute atomic E-state index is 1.22. The highest BCUT2D eigenvalue weighted by Crippen LogP contribution is 2.45. The fourth-order valence-corrected chi connectivity index (χ4v) is 7.73. The van der Waals surface area contributed by atoms with Crippen LogP contribution in [0.1, 0.15) is 66.8 Å². The van der Waals surface area contributed by atoms with Crippen LogP contribution in [-0.2, 0) is 0 Å². The molecule has 0 aromatic heterocycles. The van der Waals surface area contributed by atoms with Gasteiger partial charge < -0.3 is 4.90 Å². The Kier molecular flexibility index (Phi) is 9.16. The van der Waals surface area contributed by atoms with E-state index in [-0.39, 0.29) is 0 Å². The van der Waals surface area contributed by atoms with Crippen LogP contribution in [0.2, 0.25) is 0 Å². The van der Waals surface area contributed by atoms with Crippen molar-refractivity contribution in [3.8, 4) is 33.4 Å². The van der Waals surface area contributed by atoms with Crippen LogP contribution in [0.4, 0.5) is 17.1 Å². The Hall–Kier alpha value is -4.88. The molecule has 0 aliphatic rings. The molecule has 0 heterocycles. The van der Waals surface area contributed by atoms with Gasteiger partial charge >= 0.3 is 0 Å². The van der Waals surface area contributed by atoms with Gasteiger partial charge in [-0.1, -0.05) is 71.3 Å². The Morgan fingerprint density at radius 2 is 0.490 bits per heavy atom. The summed E-state index contributed by atoms with van der Waals surface area (Å²) in [5.41, 5.74) is 26.9. The molecule has 1 nitrogen and oxygen atoms in total. The van der Waals surface area contributed by atoms with E-state index in [0.717, 1.165) is 0 Å². The Labute approximate surface area is 295 Å². The van der Waals surface area contributed by atoms with Gasteiger partial charge in [-0.15, -0.1) is 0 Å². The number of rotatable bonds is 6. The van der Waals surface area contributed by atoms with Crippen molar-refractivity contribution < 1.29 is 0 Å². The molecule has 0 aliphatic heterocycles. The summed E-state index contributed by atoms with van der Waals surface area (Å²) < 4.78 is 0. The van der Waals surface area contributed by atoms with Crippen molar-refractivity contribution in [3.63, 3.8) is 0 Å². The minimum atomic E-state index is 1.22. The van der Waals surface area contributed by atoms with Crippen LogP contribution in [0.15, 0.2) is 91.0 Å². The lowest BCUT2D eigenvalue weighted by molar-refractivity contribution is 1.18. The molecule has 6 rings (SSSR count). The van der Waals surface area contributed by atoms with Gasteiger partial charge in [-0.2, -0.15) is 0 Å². The summed E-state index contributed by atoms with van der Waals surface area (Å²) in [5.74, 6) is 0. The van der Waals surface area contributed by atoms with Crippen molar-refractivity contribution in [2.45, 2.75) is 83.1 Å². The molecule has 6 aromatic carbocycles. The van der Waals surface area contributed by atoms with Crippen molar-refractivity contribution in [2.24, 2.45) is 0 Å². The summed E-state index contributed by atoms with van der Waals surface area (Å²) in [6.45, 7) is 26.8. The third kappa shape index (κ3) is 6.47. The number of aryl methyl sites for hydroxylation is 12. The van der Waals surface area contributed by atoms with Crippen molar-refractivity contribution in [1.29, 1.82) is 0 Å². The predicted molar refractivity (Wildman–Crippen MR) is 214 cm³/mol. The van der Waals surface area contributed by atoms with E-state index in [2.05, 4.69) is 179 Å². The predicted octanol–water partition coefficient (Wildman–Crippen LogP) is 13.9. The molecule has 49 heavy (non-hydrogen) atoms. The van der Waals surface area contributed by atoms with Crippen LogP contribution < -0.4 is 4.90 Å². The van der Waals surface area contributed by atoms with Crippen LogP contribution in [0.25, 0.3) is 33.4 Å². The molecule has 0 amide bonds. The van der Waals surface area contributed by atoms with E-state index in [1.807, 2.05) is 0 Å². The van der Waals surface area contributed by atoms with Crippen molar-refractivity contribution in [3.05, 3.63) is 158 Å². The van der Waals surface area contributed by atoms with E-state index in [1.54, 1.807) is 0 Å². The van der Waals surface area contributed by atoms with Gasteiger partial charge in [0.15, 0.2) is 0 Å². The molecule has 0 aliphatic carbocycles. The van der Waals surface area contributed by atoms with Gasteiger partial charge in [-0.25, -0.2) is 0 Å². The van der Waals surface area contributed by atoms with Gasteiger partial charge in [-0.05, 0) is 203 Å². The molecule has 0 saturated heterocycles. The second-order valence-corrected chi connectivity index (χ2v) is 14.7. The Morgan fingerprint density at radius 1 is 0.245 bits per heavy atom. The molecule has 0 spiro atoms. The average molecular weight is 642 g/mol. The summed E-state index contributed by atoms with van der Waals surface area (Å²) in [4.78, 5) is 2.52. The lowest BCUT2D eigenvalue weighted by atomic mass is 9.90. The lowest BCUT2D eigenvalue weighted by Gasteiger charge is -2.32. The Bertz CT molecular complexity index is 1990. The standard InChI is InChI=1S/C48H51N/c1-28-13-16-40(31(4)19-28)43-22-37(10)46(25-34(43)7)49(47-26-35(8)44(23-38(47)11)41-17-14-29(2)20-32(41)5)48-27-36(9)45(24-39(48)12)42-18-15-30(3)21-33(42)6/h13-27H,1-12H3. The molecular weight excluding hydrogens is 591 g/mol. The maximum atomic E-state index is 2.52. The van der Waals surface area contributed by atoms with Gasteiger partial charge in [0.2, 0.25) is 0 Å². The van der Waals surface area contributed by atoms with Crippen LogP contribution in [-0.4, -0.2) is 0 Å². The van der Waals surface area contributed by atoms with Gasteiger partial charge in [0, 0.05) is 17.1 Å². The van der Waals surface area contributed by atoms with Crippen molar-refractivity contribution in [1.82, 2.24) is 0 Å². The highest BCUT2D eigenvalue weighted by atomic mass is 15.1. The smallest absolute Gasteiger partial charge is 0.0494 e. The lowest BCUT2D eigenvalue weighted by Crippen LogP contribution is -2.15. The summed E-state index contributed by atoms with van der Waals surface area (Å²) in [5, 5.41) is 0. The molecule has 0 bridgehead atoms. The van der Waals surface area contributed by atoms with Gasteiger partial charge in [0.1, 0.15) is 0 Å². The minimum Gasteiger partial charge on any atom is -0.310 e. The Morgan fingerprint density at radius 3 is 0.735 bits per heavy atom. The van der Waals surface area contributed by atoms with Crippen LogP contribution in [0.5, 0.6) is 0 Å². The number of hydrogen-bond donors (Lipinski definition) is 0. The average Bonchev–Trinajstić information content (AvgIpc) is 3.02. The number of hydrogen-bond acceptors (Lipinski definition) is 1. The highest BCUT2D eigenvalue weighted by molar-refractivity contribution is 5.88. The first-order valence-corrected chi connectivity index (χ1v) is 17.6. The second kappa shape index (κ2) is 13.2. The Balaban J connectivity index is 1.58. The van der Waals surface area contributed by atoms with E-state index in [0.29, 0.717) is 0 Å². The largest absolute Gasteiger partial charge is 0.310 e. The fourth-order valence-electron chi connectivity index (χ4n) is 7.73. The SMILES string of the molecule is Cc1ccc(-c2cc(C)c(N(c3cc(C)c(-c4ccc(C)cc4C)cc3C)c3cc(C)c(-c4ccc(C)cc4C)cc3C)cc2C)c(C)c1. The second-order valence-electron chi connectivity index (χ2n) is 14.7. The summed E-state index contributed by atoms with van der Waals surface area (Å²) in [7, 11) is 0. The first-order chi connectivity index (χ1) is 23.2. The maximum Gasteiger partial charge on any atom is 0.0494 e. The number of anilines is 3. The van der Waals surface area contributed by atoms with E-state index < -0.39 is 0 Å². The zero-order chi connectivity index (χ0) is 35.3. The maximum absolute atomic E-state index is 2.52. The van der Waals surface area contributed by atoms with Gasteiger partial charge in [-0.3, -0.25) is 0 Å². The molecule has 0 atom stereocenters. The van der Waals surface area contributed by atoms with Gasteiger partial charge in [0.05, 0.1) is 0 Å². The monoisotopic (exact) mass is 641 g/mol. The van der Waals surface area contributed by atoms with E-state index in [1.165, 1.54) is 117 Å². The summed E-state index contributed by atoms with van der Waals surface area (Å²) >= 11 is 0. The molecule has 0 radical (unpaired) electrons. The van der Waals surface area contributed by atoms with E-state index >= 15 is 0 Å². The fraction of sp³-hybridized carbons (Fsp3) is 0.250. The van der Waals surface area contributed by atoms with E-state index in [9.17, 15) is 0 Å². The topological polar surface area (TPSA) is 3.24 Å². The van der Waals surface area contributed by atoms with E-state index in [4.69, 9.17) is 0 Å². The summed E-state index contributed by atoms with van der Waals surface area (Å²) in [6.07, 6.45) is 0. The zero-order valence-electron chi connectivity index (χ0n) is 31.6. The molecule has 6 aromatic rings. The zero-order valence-corrected chi connectivity index (χ0v) is 31.6. The number of nitrogens with zero attached hydrogens (tertiary/aromatic N) is 1. The molecule has 0 saturated carbocycles. The molecule has 0 unspecified atom stereocenters. The molecule has 0 fully saturated rings. The summed E-state index contributed by atoms with van der Waals surface area (Å²) in [6, 6.07) is 34.8. The molecule has 0 N–H and O–H groups in total. The molecule has 248 valence electrons. The van der Waals surface area contributed by atoms with Crippen LogP contribution in [0.3, 0.4) is 0 Å². The van der Waals surface area contributed by atoms with Crippen LogP contribution in [0, 0.1) is 83.1 Å². The third-order valence-corrected chi connectivity index (χ3v) is 10.4.